The molecule has 2 heterocycles. The summed E-state index contributed by atoms with van der Waals surface area (Å²) < 4.78 is 0. The second-order valence-electron chi connectivity index (χ2n) is 3.60. The van der Waals surface area contributed by atoms with Crippen LogP contribution in [0.25, 0.3) is 0 Å². The molecule has 6 heteroatoms. The standard InChI is InChI=1S/C10H13N3O.2ClH/c1-13-9(14)5-8(11)10(13)7-3-2-4-12-6-7;;/h2-4,6,8,10H,5,11H2,1H3;2*1H/t8-,10+;;/m1../s1. The van der Waals surface area contributed by atoms with E-state index < -0.39 is 0 Å². The number of nitrogens with zero attached hydrogens (tertiary/aromatic N) is 2. The first-order valence-electron chi connectivity index (χ1n) is 4.61. The highest BCUT2D eigenvalue weighted by atomic mass is 35.5. The summed E-state index contributed by atoms with van der Waals surface area (Å²) in [6.07, 6.45) is 3.90. The highest BCUT2D eigenvalue weighted by Gasteiger charge is 2.35. The van der Waals surface area contributed by atoms with Crippen LogP contribution in [0.5, 0.6) is 0 Å². The summed E-state index contributed by atoms with van der Waals surface area (Å²) in [5.41, 5.74) is 6.91. The number of amides is 1. The molecule has 1 saturated heterocycles. The molecule has 0 radical (unpaired) electrons. The molecule has 0 spiro atoms. The van der Waals surface area contributed by atoms with Crippen molar-refractivity contribution < 1.29 is 4.79 Å². The van der Waals surface area contributed by atoms with E-state index in [1.807, 2.05) is 12.1 Å². The van der Waals surface area contributed by atoms with Crippen molar-refractivity contribution in [3.8, 4) is 0 Å². The number of likely N-dealkylation sites (tertiary alicyclic amines) is 1. The maximum absolute atomic E-state index is 11.4. The van der Waals surface area contributed by atoms with Crippen molar-refractivity contribution in [1.29, 1.82) is 0 Å². The molecule has 1 aliphatic heterocycles. The molecule has 1 aromatic rings. The largest absolute Gasteiger partial charge is 0.337 e. The van der Waals surface area contributed by atoms with Gasteiger partial charge < -0.3 is 10.6 Å². The van der Waals surface area contributed by atoms with Crippen molar-refractivity contribution >= 4 is 30.7 Å². The summed E-state index contributed by atoms with van der Waals surface area (Å²) in [7, 11) is 1.78. The first kappa shape index (κ1) is 15.2. The predicted molar refractivity (Wildman–Crippen MR) is 66.8 cm³/mol. The van der Waals surface area contributed by atoms with E-state index in [2.05, 4.69) is 4.98 Å². The Bertz CT molecular complexity index is 347. The Morgan fingerprint density at radius 3 is 2.62 bits per heavy atom. The Kier molecular flexibility index (Phi) is 5.72. The number of hydrogen-bond acceptors (Lipinski definition) is 3. The predicted octanol–water partition coefficient (Wildman–Crippen LogP) is 1.16. The van der Waals surface area contributed by atoms with Crippen LogP contribution in [-0.4, -0.2) is 28.9 Å². The zero-order valence-electron chi connectivity index (χ0n) is 8.87. The van der Waals surface area contributed by atoms with E-state index in [0.29, 0.717) is 6.42 Å². The van der Waals surface area contributed by atoms with Gasteiger partial charge in [-0.2, -0.15) is 0 Å². The fraction of sp³-hybridized carbons (Fsp3) is 0.400. The van der Waals surface area contributed by atoms with Crippen LogP contribution in [0.3, 0.4) is 0 Å². The smallest absolute Gasteiger partial charge is 0.224 e. The molecule has 0 aromatic carbocycles. The number of rotatable bonds is 1. The van der Waals surface area contributed by atoms with Gasteiger partial charge in [-0.3, -0.25) is 9.78 Å². The number of halogens is 2. The maximum atomic E-state index is 11.4. The fourth-order valence-corrected chi connectivity index (χ4v) is 1.92. The zero-order valence-corrected chi connectivity index (χ0v) is 10.5. The monoisotopic (exact) mass is 263 g/mol. The van der Waals surface area contributed by atoms with E-state index in [1.54, 1.807) is 24.3 Å². The molecule has 0 bridgehead atoms. The number of aromatic nitrogens is 1. The number of hydrogen-bond donors (Lipinski definition) is 1. The van der Waals surface area contributed by atoms with Gasteiger partial charge in [0.1, 0.15) is 0 Å². The molecule has 0 saturated carbocycles. The van der Waals surface area contributed by atoms with Crippen LogP contribution >= 0.6 is 24.8 Å². The van der Waals surface area contributed by atoms with Crippen molar-refractivity contribution in [2.24, 2.45) is 5.73 Å². The van der Waals surface area contributed by atoms with E-state index in [0.717, 1.165) is 5.56 Å². The van der Waals surface area contributed by atoms with Gasteiger partial charge >= 0.3 is 0 Å². The number of pyridine rings is 1. The van der Waals surface area contributed by atoms with Crippen LogP contribution in [0.4, 0.5) is 0 Å². The molecule has 2 atom stereocenters. The van der Waals surface area contributed by atoms with E-state index in [9.17, 15) is 4.79 Å². The summed E-state index contributed by atoms with van der Waals surface area (Å²) in [4.78, 5) is 17.1. The topological polar surface area (TPSA) is 59.2 Å². The summed E-state index contributed by atoms with van der Waals surface area (Å²) in [6, 6.07) is 3.68. The third-order valence-electron chi connectivity index (χ3n) is 2.65. The van der Waals surface area contributed by atoms with Gasteiger partial charge in [0.25, 0.3) is 0 Å². The maximum Gasteiger partial charge on any atom is 0.224 e. The van der Waals surface area contributed by atoms with Crippen LogP contribution in [0.15, 0.2) is 24.5 Å². The highest BCUT2D eigenvalue weighted by Crippen LogP contribution is 2.29. The molecule has 1 aliphatic rings. The molecular weight excluding hydrogens is 249 g/mol. The summed E-state index contributed by atoms with van der Waals surface area (Å²) >= 11 is 0. The molecule has 16 heavy (non-hydrogen) atoms. The zero-order chi connectivity index (χ0) is 10.1. The lowest BCUT2D eigenvalue weighted by Gasteiger charge is -2.22. The van der Waals surface area contributed by atoms with Gasteiger partial charge in [0, 0.05) is 31.9 Å². The van der Waals surface area contributed by atoms with Gasteiger partial charge in [0.2, 0.25) is 5.91 Å². The first-order valence-corrected chi connectivity index (χ1v) is 4.61. The Balaban J connectivity index is 0.00000112. The summed E-state index contributed by atoms with van der Waals surface area (Å²) in [6.45, 7) is 0. The third-order valence-corrected chi connectivity index (χ3v) is 2.65. The Morgan fingerprint density at radius 1 is 1.50 bits per heavy atom. The molecule has 0 unspecified atom stereocenters. The van der Waals surface area contributed by atoms with Gasteiger partial charge in [-0.1, -0.05) is 6.07 Å². The van der Waals surface area contributed by atoms with Crippen molar-refractivity contribution in [2.45, 2.75) is 18.5 Å². The van der Waals surface area contributed by atoms with Gasteiger partial charge in [-0.15, -0.1) is 24.8 Å². The second-order valence-corrected chi connectivity index (χ2v) is 3.60. The van der Waals surface area contributed by atoms with Crippen LogP contribution in [0, 0.1) is 0 Å². The van der Waals surface area contributed by atoms with Crippen molar-refractivity contribution in [1.82, 2.24) is 9.88 Å². The summed E-state index contributed by atoms with van der Waals surface area (Å²) in [5, 5.41) is 0. The minimum Gasteiger partial charge on any atom is -0.337 e. The van der Waals surface area contributed by atoms with Crippen LogP contribution in [-0.2, 0) is 4.79 Å². The van der Waals surface area contributed by atoms with Crippen LogP contribution in [0.1, 0.15) is 18.0 Å². The minimum atomic E-state index is -0.114. The molecule has 0 aliphatic carbocycles. The minimum absolute atomic E-state index is 0. The number of carbonyl (C=O) groups excluding carboxylic acids is 1. The third kappa shape index (κ3) is 2.64. The summed E-state index contributed by atoms with van der Waals surface area (Å²) in [5.74, 6) is 0.103. The molecule has 2 N–H and O–H groups in total. The number of likely N-dealkylation sites (N-methyl/N-ethyl adjacent to an activating group) is 1. The van der Waals surface area contributed by atoms with Gasteiger partial charge in [0.15, 0.2) is 0 Å². The van der Waals surface area contributed by atoms with Crippen molar-refractivity contribution in [3.63, 3.8) is 0 Å². The molecule has 90 valence electrons. The van der Waals surface area contributed by atoms with E-state index in [-0.39, 0.29) is 42.8 Å². The SMILES string of the molecule is CN1C(=O)C[C@@H](N)[C@@H]1c1cccnc1.Cl.Cl. The quantitative estimate of drug-likeness (QED) is 0.827. The van der Waals surface area contributed by atoms with Gasteiger partial charge in [-0.25, -0.2) is 0 Å². The normalized spacial score (nSPS) is 23.6. The molecule has 1 aromatic heterocycles. The van der Waals surface area contributed by atoms with Gasteiger partial charge in [-0.05, 0) is 11.6 Å². The van der Waals surface area contributed by atoms with Gasteiger partial charge in [0.05, 0.1) is 6.04 Å². The Labute approximate surface area is 107 Å². The van der Waals surface area contributed by atoms with E-state index >= 15 is 0 Å². The van der Waals surface area contributed by atoms with E-state index in [4.69, 9.17) is 5.73 Å². The average molecular weight is 264 g/mol. The Hall–Kier alpha value is -0.840. The lowest BCUT2D eigenvalue weighted by molar-refractivity contribution is -0.127. The Morgan fingerprint density at radius 2 is 2.19 bits per heavy atom. The molecule has 4 nitrogen and oxygen atoms in total. The lowest BCUT2D eigenvalue weighted by Crippen LogP contribution is -2.30. The second kappa shape index (κ2) is 6.03. The average Bonchev–Trinajstić information content (AvgIpc) is 2.43. The van der Waals surface area contributed by atoms with Crippen LogP contribution in [0.2, 0.25) is 0 Å². The van der Waals surface area contributed by atoms with E-state index in [1.165, 1.54) is 0 Å². The fourth-order valence-electron chi connectivity index (χ4n) is 1.92. The first-order chi connectivity index (χ1) is 6.70. The highest BCUT2D eigenvalue weighted by molar-refractivity contribution is 5.85. The lowest BCUT2D eigenvalue weighted by atomic mass is 10.0. The number of nitrogens with two attached hydrogens (primary N) is 1. The van der Waals surface area contributed by atoms with Crippen molar-refractivity contribution in [3.05, 3.63) is 30.1 Å². The molecule has 1 fully saturated rings. The van der Waals surface area contributed by atoms with Crippen LogP contribution < -0.4 is 5.73 Å². The molecule has 2 rings (SSSR count). The molecular formula is C10H15Cl2N3O. The number of carbonyl (C=O) groups is 1. The molecule has 1 amide bonds. The van der Waals surface area contributed by atoms with Crippen molar-refractivity contribution in [2.75, 3.05) is 7.05 Å².